The van der Waals surface area contributed by atoms with Gasteiger partial charge in [-0.2, -0.15) is 0 Å². The van der Waals surface area contributed by atoms with Gasteiger partial charge in [-0.1, -0.05) is 85.5 Å². The number of fused-ring (bicyclic) bond motifs is 3. The van der Waals surface area contributed by atoms with Crippen molar-refractivity contribution in [2.24, 2.45) is 0 Å². The number of amides is 2. The number of alkyl carbamates (subject to hydrolysis) is 1. The van der Waals surface area contributed by atoms with Crippen LogP contribution in [0.3, 0.4) is 0 Å². The van der Waals surface area contributed by atoms with Crippen LogP contribution >= 0.6 is 0 Å². The Morgan fingerprint density at radius 1 is 0.927 bits per heavy atom. The van der Waals surface area contributed by atoms with Crippen LogP contribution in [0.5, 0.6) is 0 Å². The van der Waals surface area contributed by atoms with Crippen molar-refractivity contribution >= 4 is 18.2 Å². The van der Waals surface area contributed by atoms with Crippen LogP contribution in [0.4, 0.5) is 9.59 Å². The Kier molecular flexibility index (Phi) is 8.67. The fourth-order valence-electron chi connectivity index (χ4n) is 5.76. The van der Waals surface area contributed by atoms with E-state index in [9.17, 15) is 19.5 Å². The molecule has 8 heteroatoms. The zero-order valence-electron chi connectivity index (χ0n) is 22.8. The van der Waals surface area contributed by atoms with Crippen LogP contribution in [0.1, 0.15) is 46.9 Å². The van der Waals surface area contributed by atoms with Crippen LogP contribution in [0, 0.1) is 0 Å². The Morgan fingerprint density at radius 3 is 2.12 bits per heavy atom. The smallest absolute Gasteiger partial charge is 0.410 e. The molecule has 0 aromatic heterocycles. The second-order valence-electron chi connectivity index (χ2n) is 10.4. The Labute approximate surface area is 239 Å². The second kappa shape index (κ2) is 12.7. The lowest BCUT2D eigenvalue weighted by Gasteiger charge is -2.31. The number of nitrogens with zero attached hydrogens (tertiary/aromatic N) is 1. The van der Waals surface area contributed by atoms with Crippen LogP contribution in [-0.4, -0.2) is 60.5 Å². The van der Waals surface area contributed by atoms with Gasteiger partial charge in [0.2, 0.25) is 0 Å². The van der Waals surface area contributed by atoms with Crippen LogP contribution in [0.25, 0.3) is 11.1 Å². The molecule has 41 heavy (non-hydrogen) atoms. The lowest BCUT2D eigenvalue weighted by atomic mass is 9.88. The average molecular weight is 555 g/mol. The van der Waals surface area contributed by atoms with Gasteiger partial charge >= 0.3 is 18.2 Å². The van der Waals surface area contributed by atoms with E-state index in [1.54, 1.807) is 11.0 Å². The molecule has 1 atom stereocenters. The minimum Gasteiger partial charge on any atom is -0.480 e. The van der Waals surface area contributed by atoms with Gasteiger partial charge in [0.05, 0.1) is 0 Å². The molecule has 212 valence electrons. The molecule has 0 saturated carbocycles. The number of piperidine rings is 1. The van der Waals surface area contributed by atoms with Crippen LogP contribution in [-0.2, 0) is 20.7 Å². The van der Waals surface area contributed by atoms with E-state index >= 15 is 0 Å². The first-order chi connectivity index (χ1) is 19.9. The zero-order valence-corrected chi connectivity index (χ0v) is 22.8. The molecule has 1 unspecified atom stereocenters. The summed E-state index contributed by atoms with van der Waals surface area (Å²) in [6.07, 6.45) is 2.26. The van der Waals surface area contributed by atoms with Crippen molar-refractivity contribution in [1.82, 2.24) is 10.2 Å². The summed E-state index contributed by atoms with van der Waals surface area (Å²) in [5, 5.41) is 12.3. The highest BCUT2D eigenvalue weighted by atomic mass is 16.6. The molecule has 2 N–H and O–H groups in total. The molecule has 1 saturated heterocycles. The van der Waals surface area contributed by atoms with E-state index in [4.69, 9.17) is 9.47 Å². The molecule has 2 amide bonds. The van der Waals surface area contributed by atoms with E-state index in [-0.39, 0.29) is 31.6 Å². The molecule has 3 aromatic carbocycles. The monoisotopic (exact) mass is 554 g/mol. The van der Waals surface area contributed by atoms with Crippen molar-refractivity contribution in [1.29, 1.82) is 0 Å². The van der Waals surface area contributed by atoms with E-state index in [0.29, 0.717) is 19.0 Å². The number of ether oxygens (including phenoxy) is 2. The summed E-state index contributed by atoms with van der Waals surface area (Å²) in [6.45, 7) is 5.12. The largest absolute Gasteiger partial charge is 0.480 e. The van der Waals surface area contributed by atoms with Gasteiger partial charge in [-0.05, 0) is 52.1 Å². The SMILES string of the molecule is C=CCOC(=O)N1CCC(c2ccc(CC(NC(=O)OCC3c4ccccc4-c4ccccc43)C(=O)O)cc2)CC1. The van der Waals surface area contributed by atoms with Gasteiger partial charge in [-0.15, -0.1) is 0 Å². The van der Waals surface area contributed by atoms with Crippen molar-refractivity contribution in [2.75, 3.05) is 26.3 Å². The fourth-order valence-corrected chi connectivity index (χ4v) is 5.76. The maximum Gasteiger partial charge on any atom is 0.410 e. The third-order valence-corrected chi connectivity index (χ3v) is 7.90. The van der Waals surface area contributed by atoms with Gasteiger partial charge in [0, 0.05) is 25.4 Å². The number of aliphatic carboxylic acids is 1. The average Bonchev–Trinajstić information content (AvgIpc) is 3.32. The highest BCUT2D eigenvalue weighted by Gasteiger charge is 2.30. The third kappa shape index (κ3) is 6.43. The predicted octanol–water partition coefficient (Wildman–Crippen LogP) is 5.72. The van der Waals surface area contributed by atoms with Crippen LogP contribution < -0.4 is 5.32 Å². The third-order valence-electron chi connectivity index (χ3n) is 7.90. The maximum absolute atomic E-state index is 12.7. The summed E-state index contributed by atoms with van der Waals surface area (Å²) in [5.41, 5.74) is 6.38. The lowest BCUT2D eigenvalue weighted by molar-refractivity contribution is -0.139. The summed E-state index contributed by atoms with van der Waals surface area (Å²) in [5.74, 6) is -0.923. The molecular weight excluding hydrogens is 520 g/mol. The normalized spacial score (nSPS) is 15.4. The molecule has 0 bridgehead atoms. The number of hydrogen-bond donors (Lipinski definition) is 2. The van der Waals surface area contributed by atoms with Gasteiger partial charge in [0.1, 0.15) is 19.3 Å². The molecular formula is C33H34N2O6. The van der Waals surface area contributed by atoms with Gasteiger partial charge in [0.15, 0.2) is 0 Å². The maximum atomic E-state index is 12.7. The standard InChI is InChI=1S/C33H34N2O6/c1-2-19-40-33(39)35-17-15-24(16-18-35)23-13-11-22(12-14-23)20-30(31(36)37)34-32(38)41-21-29-27-9-5-3-7-25(27)26-8-4-6-10-28(26)29/h2-14,24,29-30H,1,15-21H2,(H,34,38)(H,36,37). The van der Waals surface area contributed by atoms with E-state index in [0.717, 1.165) is 46.2 Å². The molecule has 1 aliphatic heterocycles. The first kappa shape index (κ1) is 28.0. The first-order valence-corrected chi connectivity index (χ1v) is 13.9. The van der Waals surface area contributed by atoms with Crippen molar-refractivity contribution in [3.8, 4) is 11.1 Å². The van der Waals surface area contributed by atoms with E-state index < -0.39 is 18.1 Å². The summed E-state index contributed by atoms with van der Waals surface area (Å²) in [7, 11) is 0. The summed E-state index contributed by atoms with van der Waals surface area (Å²) >= 11 is 0. The molecule has 5 rings (SSSR count). The number of benzene rings is 3. The van der Waals surface area contributed by atoms with Crippen LogP contribution in [0.2, 0.25) is 0 Å². The molecule has 2 aliphatic rings. The van der Waals surface area contributed by atoms with Crippen molar-refractivity contribution in [3.63, 3.8) is 0 Å². The quantitative estimate of drug-likeness (QED) is 0.328. The van der Waals surface area contributed by atoms with E-state index in [1.165, 1.54) is 0 Å². The van der Waals surface area contributed by atoms with E-state index in [2.05, 4.69) is 24.0 Å². The summed E-state index contributed by atoms with van der Waals surface area (Å²) in [4.78, 5) is 38.4. The van der Waals surface area contributed by atoms with Crippen molar-refractivity contribution in [3.05, 3.63) is 108 Å². The van der Waals surface area contributed by atoms with Crippen molar-refractivity contribution < 1.29 is 29.0 Å². The molecule has 1 fully saturated rings. The highest BCUT2D eigenvalue weighted by molar-refractivity contribution is 5.81. The Hall–Kier alpha value is -4.59. The summed E-state index contributed by atoms with van der Waals surface area (Å²) in [6, 6.07) is 22.8. The Balaban J connectivity index is 1.14. The minimum atomic E-state index is -1.13. The Bertz CT molecular complexity index is 1370. The summed E-state index contributed by atoms with van der Waals surface area (Å²) < 4.78 is 10.7. The zero-order chi connectivity index (χ0) is 28.8. The molecule has 0 spiro atoms. The number of carbonyl (C=O) groups is 3. The second-order valence-corrected chi connectivity index (χ2v) is 10.4. The highest BCUT2D eigenvalue weighted by Crippen LogP contribution is 2.44. The fraction of sp³-hybridized carbons (Fsp3) is 0.303. The topological polar surface area (TPSA) is 105 Å². The van der Waals surface area contributed by atoms with Crippen molar-refractivity contribution in [2.45, 2.75) is 37.1 Å². The number of hydrogen-bond acceptors (Lipinski definition) is 5. The predicted molar refractivity (Wildman–Crippen MR) is 155 cm³/mol. The number of carboxylic acids is 1. The number of rotatable bonds is 9. The minimum absolute atomic E-state index is 0.103. The lowest BCUT2D eigenvalue weighted by Crippen LogP contribution is -2.42. The van der Waals surface area contributed by atoms with Gasteiger partial charge in [-0.3, -0.25) is 0 Å². The first-order valence-electron chi connectivity index (χ1n) is 13.9. The Morgan fingerprint density at radius 2 is 1.54 bits per heavy atom. The number of likely N-dealkylation sites (tertiary alicyclic amines) is 1. The van der Waals surface area contributed by atoms with Gasteiger partial charge in [-0.25, -0.2) is 14.4 Å². The number of carbonyl (C=O) groups excluding carboxylic acids is 2. The van der Waals surface area contributed by atoms with Gasteiger partial charge in [0.25, 0.3) is 0 Å². The molecule has 1 aliphatic carbocycles. The van der Waals surface area contributed by atoms with Crippen LogP contribution in [0.15, 0.2) is 85.5 Å². The number of nitrogens with one attached hydrogen (secondary N) is 1. The molecule has 3 aromatic rings. The molecule has 1 heterocycles. The molecule has 0 radical (unpaired) electrons. The van der Waals surface area contributed by atoms with Gasteiger partial charge < -0.3 is 24.8 Å². The number of carboxylic acid groups (broad SMARTS) is 1. The molecule has 8 nitrogen and oxygen atoms in total. The van der Waals surface area contributed by atoms with E-state index in [1.807, 2.05) is 60.7 Å².